The predicted octanol–water partition coefficient (Wildman–Crippen LogP) is 10.2. The Labute approximate surface area is 233 Å². The van der Waals surface area contributed by atoms with E-state index in [0.717, 1.165) is 25.7 Å². The van der Waals surface area contributed by atoms with Gasteiger partial charge < -0.3 is 4.48 Å². The first-order valence-corrected chi connectivity index (χ1v) is 16.5. The topological polar surface area (TPSA) is 34.1 Å². The van der Waals surface area contributed by atoms with E-state index in [9.17, 15) is 9.59 Å². The largest absolute Gasteiger partial charge is 0.330 e. The number of nitrogens with zero attached hydrogens (tertiary/aromatic N) is 1. The van der Waals surface area contributed by atoms with Crippen molar-refractivity contribution >= 4 is 11.6 Å². The van der Waals surface area contributed by atoms with Crippen molar-refractivity contribution in [3.05, 3.63) is 0 Å². The molecule has 0 saturated heterocycles. The summed E-state index contributed by atoms with van der Waals surface area (Å²) in [5.74, 6) is 0.370. The first-order valence-electron chi connectivity index (χ1n) is 16.5. The molecule has 3 nitrogen and oxygen atoms in total. The highest BCUT2D eigenvalue weighted by molar-refractivity contribution is 6.06. The molecule has 0 bridgehead atoms. The number of unbranched alkanes of at least 4 members (excludes halogenated alkanes) is 20. The lowest BCUT2D eigenvalue weighted by atomic mass is 9.76. The van der Waals surface area contributed by atoms with Gasteiger partial charge in [0.25, 0.3) is 0 Å². The average molecular weight is 523 g/mol. The summed E-state index contributed by atoms with van der Waals surface area (Å²) in [6.07, 6.45) is 29.4. The highest BCUT2D eigenvalue weighted by Gasteiger charge is 2.43. The van der Waals surface area contributed by atoms with Crippen molar-refractivity contribution in [3.8, 4) is 0 Å². The first kappa shape index (κ1) is 36.3. The molecule has 0 spiro atoms. The maximum absolute atomic E-state index is 13.3. The second-order valence-corrected chi connectivity index (χ2v) is 13.2. The van der Waals surface area contributed by atoms with Crippen LogP contribution in [0.3, 0.4) is 0 Å². The molecule has 0 heterocycles. The molecule has 0 aliphatic carbocycles. The van der Waals surface area contributed by atoms with E-state index in [-0.39, 0.29) is 11.6 Å². The number of hydrogen-bond donors (Lipinski definition) is 0. The molecular weight excluding hydrogens is 454 g/mol. The van der Waals surface area contributed by atoms with Crippen molar-refractivity contribution < 1.29 is 14.1 Å². The third-order valence-corrected chi connectivity index (χ3v) is 8.04. The van der Waals surface area contributed by atoms with Crippen molar-refractivity contribution in [2.45, 2.75) is 175 Å². The Morgan fingerprint density at radius 3 is 0.946 bits per heavy atom. The zero-order chi connectivity index (χ0) is 27.8. The van der Waals surface area contributed by atoms with Crippen molar-refractivity contribution in [3.63, 3.8) is 0 Å². The summed E-state index contributed by atoms with van der Waals surface area (Å²) < 4.78 is 0.657. The molecule has 0 N–H and O–H groups in total. The van der Waals surface area contributed by atoms with E-state index in [2.05, 4.69) is 35.0 Å². The van der Waals surface area contributed by atoms with Crippen molar-refractivity contribution in [2.24, 2.45) is 5.41 Å². The van der Waals surface area contributed by atoms with Gasteiger partial charge in [-0.15, -0.1) is 0 Å². The Kier molecular flexibility index (Phi) is 22.8. The standard InChI is InChI=1S/C34H68NO2/c1-7-9-11-13-15-17-19-21-23-25-27-29-32(36)34(3,31-35(4,5)6)33(37)30-28-26-24-22-20-18-16-14-12-10-8-2/h7-31H2,1-6H3/q+1. The smallest absolute Gasteiger partial charge is 0.151 e. The van der Waals surface area contributed by atoms with Crippen LogP contribution in [0.25, 0.3) is 0 Å². The second kappa shape index (κ2) is 23.2. The monoisotopic (exact) mass is 523 g/mol. The fourth-order valence-electron chi connectivity index (χ4n) is 5.73. The third-order valence-electron chi connectivity index (χ3n) is 8.04. The van der Waals surface area contributed by atoms with E-state index in [0.29, 0.717) is 23.9 Å². The Bertz CT molecular complexity index is 511. The van der Waals surface area contributed by atoms with Crippen LogP contribution in [-0.4, -0.2) is 43.7 Å². The quantitative estimate of drug-likeness (QED) is 0.0581. The van der Waals surface area contributed by atoms with Crippen LogP contribution in [0.5, 0.6) is 0 Å². The summed E-state index contributed by atoms with van der Waals surface area (Å²) in [5, 5.41) is 0. The molecule has 37 heavy (non-hydrogen) atoms. The van der Waals surface area contributed by atoms with E-state index in [4.69, 9.17) is 0 Å². The van der Waals surface area contributed by atoms with E-state index < -0.39 is 5.41 Å². The van der Waals surface area contributed by atoms with Gasteiger partial charge in [-0.05, 0) is 19.8 Å². The van der Waals surface area contributed by atoms with Gasteiger partial charge in [0, 0.05) is 12.8 Å². The zero-order valence-corrected chi connectivity index (χ0v) is 26.4. The predicted molar refractivity (Wildman–Crippen MR) is 163 cm³/mol. The number of carbonyl (C=O) groups is 2. The molecule has 0 fully saturated rings. The lowest BCUT2D eigenvalue weighted by Gasteiger charge is -2.35. The Morgan fingerprint density at radius 2 is 0.703 bits per heavy atom. The lowest BCUT2D eigenvalue weighted by molar-refractivity contribution is -0.874. The van der Waals surface area contributed by atoms with Crippen molar-refractivity contribution in [1.82, 2.24) is 0 Å². The molecule has 0 aromatic carbocycles. The summed E-state index contributed by atoms with van der Waals surface area (Å²) >= 11 is 0. The van der Waals surface area contributed by atoms with Crippen LogP contribution in [0.2, 0.25) is 0 Å². The molecule has 0 aliphatic heterocycles. The molecule has 0 aromatic heterocycles. The Hall–Kier alpha value is -0.700. The summed E-state index contributed by atoms with van der Waals surface area (Å²) in [6.45, 7) is 7.09. The maximum Gasteiger partial charge on any atom is 0.151 e. The minimum atomic E-state index is -0.824. The fourth-order valence-corrected chi connectivity index (χ4v) is 5.73. The van der Waals surface area contributed by atoms with Crippen molar-refractivity contribution in [2.75, 3.05) is 27.7 Å². The van der Waals surface area contributed by atoms with E-state index in [1.807, 2.05) is 6.92 Å². The van der Waals surface area contributed by atoms with Crippen LogP contribution in [-0.2, 0) is 9.59 Å². The fraction of sp³-hybridized carbons (Fsp3) is 0.941. The van der Waals surface area contributed by atoms with Gasteiger partial charge in [-0.25, -0.2) is 0 Å². The molecule has 220 valence electrons. The molecule has 3 heteroatoms. The van der Waals surface area contributed by atoms with Gasteiger partial charge in [-0.3, -0.25) is 9.59 Å². The van der Waals surface area contributed by atoms with Gasteiger partial charge in [0.1, 0.15) is 5.41 Å². The highest BCUT2D eigenvalue weighted by Crippen LogP contribution is 2.28. The molecule has 0 radical (unpaired) electrons. The number of hydrogen-bond acceptors (Lipinski definition) is 2. The minimum absolute atomic E-state index is 0.185. The van der Waals surface area contributed by atoms with Gasteiger partial charge in [-0.2, -0.15) is 0 Å². The summed E-state index contributed by atoms with van der Waals surface area (Å²) in [5.41, 5.74) is -0.824. The Balaban J connectivity index is 4.21. The molecule has 0 aliphatic rings. The molecule has 0 atom stereocenters. The Morgan fingerprint density at radius 1 is 0.459 bits per heavy atom. The van der Waals surface area contributed by atoms with Crippen LogP contribution in [0.1, 0.15) is 175 Å². The van der Waals surface area contributed by atoms with Gasteiger partial charge >= 0.3 is 0 Å². The number of quaternary nitrogens is 1. The average Bonchev–Trinajstić information content (AvgIpc) is 2.84. The van der Waals surface area contributed by atoms with E-state index in [1.54, 1.807) is 0 Å². The molecule has 0 amide bonds. The normalized spacial score (nSPS) is 12.3. The molecular formula is C34H68NO2+. The highest BCUT2D eigenvalue weighted by atomic mass is 16.2. The maximum atomic E-state index is 13.3. The van der Waals surface area contributed by atoms with Crippen LogP contribution in [0.15, 0.2) is 0 Å². The summed E-state index contributed by atoms with van der Waals surface area (Å²) in [6, 6.07) is 0. The van der Waals surface area contributed by atoms with Crippen LogP contribution in [0.4, 0.5) is 0 Å². The molecule has 0 saturated carbocycles. The van der Waals surface area contributed by atoms with Crippen LogP contribution < -0.4 is 0 Å². The molecule has 0 rings (SSSR count). The van der Waals surface area contributed by atoms with Gasteiger partial charge in [0.2, 0.25) is 0 Å². The summed E-state index contributed by atoms with van der Waals surface area (Å²) in [4.78, 5) is 26.6. The number of rotatable bonds is 28. The molecule has 0 unspecified atom stereocenters. The van der Waals surface area contributed by atoms with Crippen molar-refractivity contribution in [1.29, 1.82) is 0 Å². The van der Waals surface area contributed by atoms with E-state index >= 15 is 0 Å². The zero-order valence-electron chi connectivity index (χ0n) is 26.4. The number of Topliss-reactive ketones (excluding diaryl/α,β-unsaturated/α-hetero) is 2. The third kappa shape index (κ3) is 20.9. The first-order chi connectivity index (χ1) is 17.7. The van der Waals surface area contributed by atoms with E-state index in [1.165, 1.54) is 116 Å². The van der Waals surface area contributed by atoms with Crippen LogP contribution >= 0.6 is 0 Å². The summed E-state index contributed by atoms with van der Waals surface area (Å²) in [7, 11) is 6.30. The second-order valence-electron chi connectivity index (χ2n) is 13.2. The lowest BCUT2D eigenvalue weighted by Crippen LogP contribution is -2.51. The minimum Gasteiger partial charge on any atom is -0.330 e. The number of ketones is 2. The molecule has 0 aromatic rings. The van der Waals surface area contributed by atoms with Gasteiger partial charge in [0.15, 0.2) is 11.6 Å². The number of carbonyl (C=O) groups excluding carboxylic acids is 2. The van der Waals surface area contributed by atoms with Crippen LogP contribution in [0, 0.1) is 5.41 Å². The SMILES string of the molecule is CCCCCCCCCCCCCC(=O)C(C)(C[N+](C)(C)C)C(=O)CCCCCCCCCCCCC. The van der Waals surface area contributed by atoms with Gasteiger partial charge in [-0.1, -0.05) is 142 Å². The van der Waals surface area contributed by atoms with Gasteiger partial charge in [0.05, 0.1) is 27.7 Å².